The first-order valence-electron chi connectivity index (χ1n) is 4.60. The van der Waals surface area contributed by atoms with Crippen molar-refractivity contribution in [2.75, 3.05) is 5.73 Å². The molecule has 3 nitrogen and oxygen atoms in total. The number of rotatable bonds is 3. The van der Waals surface area contributed by atoms with E-state index in [1.807, 2.05) is 30.3 Å². The molecule has 15 heavy (non-hydrogen) atoms. The van der Waals surface area contributed by atoms with E-state index < -0.39 is 0 Å². The first kappa shape index (κ1) is 9.98. The molecule has 0 aliphatic heterocycles. The van der Waals surface area contributed by atoms with E-state index in [0.29, 0.717) is 5.82 Å². The Morgan fingerprint density at radius 2 is 2.07 bits per heavy atom. The molecule has 0 aliphatic rings. The van der Waals surface area contributed by atoms with Crippen LogP contribution >= 0.6 is 11.8 Å². The number of hydrogen-bond donors (Lipinski definition) is 1. The van der Waals surface area contributed by atoms with Crippen LogP contribution in [0.15, 0.2) is 47.6 Å². The zero-order chi connectivity index (χ0) is 10.5. The van der Waals surface area contributed by atoms with Gasteiger partial charge >= 0.3 is 0 Å². The second-order valence-corrected chi connectivity index (χ2v) is 4.01. The van der Waals surface area contributed by atoms with Gasteiger partial charge in [-0.05, 0) is 24.3 Å². The molecule has 2 N–H and O–H groups in total. The van der Waals surface area contributed by atoms with Crippen LogP contribution in [0, 0.1) is 0 Å². The van der Waals surface area contributed by atoms with Crippen molar-refractivity contribution in [3.8, 4) is 0 Å². The molecule has 0 aromatic carbocycles. The predicted molar refractivity (Wildman–Crippen MR) is 62.4 cm³/mol. The standard InChI is InChI=1S/C11H11N3S/c12-10-5-3-6-11(14-10)15-8-9-4-1-2-7-13-9/h1-7H,8H2,(H2,12,14). The average Bonchev–Trinajstić information content (AvgIpc) is 2.28. The van der Waals surface area contributed by atoms with E-state index in [1.165, 1.54) is 0 Å². The number of aromatic nitrogens is 2. The third-order valence-electron chi connectivity index (χ3n) is 1.84. The fourth-order valence-electron chi connectivity index (χ4n) is 1.14. The highest BCUT2D eigenvalue weighted by Crippen LogP contribution is 2.20. The van der Waals surface area contributed by atoms with E-state index >= 15 is 0 Å². The second kappa shape index (κ2) is 4.79. The molecule has 2 aromatic heterocycles. The highest BCUT2D eigenvalue weighted by Gasteiger charge is 1.98. The fourth-order valence-corrected chi connectivity index (χ4v) is 1.95. The number of nitrogens with zero attached hydrogens (tertiary/aromatic N) is 2. The lowest BCUT2D eigenvalue weighted by Gasteiger charge is -2.00. The second-order valence-electron chi connectivity index (χ2n) is 3.01. The van der Waals surface area contributed by atoms with Gasteiger partial charge in [-0.25, -0.2) is 4.98 Å². The summed E-state index contributed by atoms with van der Waals surface area (Å²) in [5, 5.41) is 0.931. The first-order chi connectivity index (χ1) is 7.34. The maximum Gasteiger partial charge on any atom is 0.124 e. The summed E-state index contributed by atoms with van der Waals surface area (Å²) in [6.45, 7) is 0. The molecular weight excluding hydrogens is 206 g/mol. The third-order valence-corrected chi connectivity index (χ3v) is 2.80. The fraction of sp³-hybridized carbons (Fsp3) is 0.0909. The summed E-state index contributed by atoms with van der Waals surface area (Å²) in [7, 11) is 0. The largest absolute Gasteiger partial charge is 0.384 e. The van der Waals surface area contributed by atoms with E-state index in [1.54, 1.807) is 24.0 Å². The van der Waals surface area contributed by atoms with E-state index in [-0.39, 0.29) is 0 Å². The molecule has 2 rings (SSSR count). The van der Waals surface area contributed by atoms with Crippen molar-refractivity contribution in [2.45, 2.75) is 10.8 Å². The summed E-state index contributed by atoms with van der Waals surface area (Å²) in [5.74, 6) is 1.37. The Hall–Kier alpha value is -1.55. The molecule has 0 saturated carbocycles. The van der Waals surface area contributed by atoms with Gasteiger partial charge in [-0.2, -0.15) is 0 Å². The molecule has 0 amide bonds. The normalized spacial score (nSPS) is 10.1. The number of nitrogen functional groups attached to an aromatic ring is 1. The monoisotopic (exact) mass is 217 g/mol. The Labute approximate surface area is 92.8 Å². The zero-order valence-electron chi connectivity index (χ0n) is 8.13. The van der Waals surface area contributed by atoms with Gasteiger partial charge in [0.05, 0.1) is 10.7 Å². The molecule has 0 aliphatic carbocycles. The molecule has 76 valence electrons. The van der Waals surface area contributed by atoms with Crippen LogP contribution < -0.4 is 5.73 Å². The molecule has 0 bridgehead atoms. The summed E-state index contributed by atoms with van der Waals surface area (Å²) in [4.78, 5) is 8.44. The minimum absolute atomic E-state index is 0.557. The highest BCUT2D eigenvalue weighted by atomic mass is 32.2. The Bertz CT molecular complexity index is 431. The van der Waals surface area contributed by atoms with Crippen LogP contribution in [0.2, 0.25) is 0 Å². The van der Waals surface area contributed by atoms with Crippen molar-refractivity contribution < 1.29 is 0 Å². The van der Waals surface area contributed by atoms with Crippen LogP contribution in [-0.2, 0) is 5.75 Å². The zero-order valence-corrected chi connectivity index (χ0v) is 8.95. The average molecular weight is 217 g/mol. The third kappa shape index (κ3) is 2.95. The molecule has 0 fully saturated rings. The van der Waals surface area contributed by atoms with Gasteiger partial charge in [0.2, 0.25) is 0 Å². The molecule has 0 saturated heterocycles. The Morgan fingerprint density at radius 3 is 2.80 bits per heavy atom. The van der Waals surface area contributed by atoms with Gasteiger partial charge in [0.15, 0.2) is 0 Å². The maximum atomic E-state index is 5.59. The molecule has 0 atom stereocenters. The summed E-state index contributed by atoms with van der Waals surface area (Å²) in [5.41, 5.74) is 6.64. The van der Waals surface area contributed by atoms with Gasteiger partial charge in [-0.3, -0.25) is 4.98 Å². The lowest BCUT2D eigenvalue weighted by molar-refractivity contribution is 1.12. The van der Waals surface area contributed by atoms with E-state index in [0.717, 1.165) is 16.5 Å². The van der Waals surface area contributed by atoms with Crippen LogP contribution in [0.5, 0.6) is 0 Å². The Kier molecular flexibility index (Phi) is 3.19. The topological polar surface area (TPSA) is 51.8 Å². The Balaban J connectivity index is 1.99. The number of pyridine rings is 2. The number of thioether (sulfide) groups is 1. The molecule has 0 unspecified atom stereocenters. The molecular formula is C11H11N3S. The van der Waals surface area contributed by atoms with E-state index in [2.05, 4.69) is 9.97 Å². The van der Waals surface area contributed by atoms with Crippen molar-refractivity contribution >= 4 is 17.6 Å². The van der Waals surface area contributed by atoms with Crippen LogP contribution in [0.3, 0.4) is 0 Å². The summed E-state index contributed by atoms with van der Waals surface area (Å²) in [6.07, 6.45) is 1.79. The van der Waals surface area contributed by atoms with Crippen molar-refractivity contribution in [2.24, 2.45) is 0 Å². The molecule has 0 spiro atoms. The first-order valence-corrected chi connectivity index (χ1v) is 5.58. The van der Waals surface area contributed by atoms with Crippen molar-refractivity contribution in [3.63, 3.8) is 0 Å². The van der Waals surface area contributed by atoms with Gasteiger partial charge in [0.25, 0.3) is 0 Å². The van der Waals surface area contributed by atoms with Gasteiger partial charge in [0.1, 0.15) is 5.82 Å². The van der Waals surface area contributed by atoms with Crippen LogP contribution in [-0.4, -0.2) is 9.97 Å². The Morgan fingerprint density at radius 1 is 1.13 bits per heavy atom. The quantitative estimate of drug-likeness (QED) is 0.802. The molecule has 2 aromatic rings. The van der Waals surface area contributed by atoms with Crippen molar-refractivity contribution in [1.82, 2.24) is 9.97 Å². The SMILES string of the molecule is Nc1cccc(SCc2ccccn2)n1. The van der Waals surface area contributed by atoms with Crippen LogP contribution in [0.4, 0.5) is 5.82 Å². The lowest BCUT2D eigenvalue weighted by Crippen LogP contribution is -1.91. The summed E-state index contributed by atoms with van der Waals surface area (Å²) < 4.78 is 0. The smallest absolute Gasteiger partial charge is 0.124 e. The van der Waals surface area contributed by atoms with E-state index in [9.17, 15) is 0 Å². The van der Waals surface area contributed by atoms with Crippen LogP contribution in [0.1, 0.15) is 5.69 Å². The summed E-state index contributed by atoms with van der Waals surface area (Å²) in [6, 6.07) is 11.5. The lowest BCUT2D eigenvalue weighted by atomic mass is 10.4. The minimum Gasteiger partial charge on any atom is -0.384 e. The molecule has 0 radical (unpaired) electrons. The van der Waals surface area contributed by atoms with Crippen molar-refractivity contribution in [1.29, 1.82) is 0 Å². The summed E-state index contributed by atoms with van der Waals surface area (Å²) >= 11 is 1.63. The number of anilines is 1. The number of hydrogen-bond acceptors (Lipinski definition) is 4. The van der Waals surface area contributed by atoms with Crippen LogP contribution in [0.25, 0.3) is 0 Å². The minimum atomic E-state index is 0.557. The van der Waals surface area contributed by atoms with E-state index in [4.69, 9.17) is 5.73 Å². The van der Waals surface area contributed by atoms with Crippen molar-refractivity contribution in [3.05, 3.63) is 48.3 Å². The van der Waals surface area contributed by atoms with Gasteiger partial charge < -0.3 is 5.73 Å². The number of nitrogens with two attached hydrogens (primary N) is 1. The maximum absolute atomic E-state index is 5.59. The van der Waals surface area contributed by atoms with Gasteiger partial charge in [-0.15, -0.1) is 0 Å². The predicted octanol–water partition coefficient (Wildman–Crippen LogP) is 2.35. The van der Waals surface area contributed by atoms with Gasteiger partial charge in [0, 0.05) is 11.9 Å². The molecule has 4 heteroatoms. The van der Waals surface area contributed by atoms with Gasteiger partial charge in [-0.1, -0.05) is 23.9 Å². The molecule has 2 heterocycles. The highest BCUT2D eigenvalue weighted by molar-refractivity contribution is 7.98.